The Labute approximate surface area is 217 Å². The van der Waals surface area contributed by atoms with Crippen LogP contribution in [0.4, 0.5) is 22.2 Å². The van der Waals surface area contributed by atoms with E-state index in [0.29, 0.717) is 38.6 Å². The Morgan fingerprint density at radius 1 is 1.24 bits per heavy atom. The number of rotatable bonds is 9. The quantitative estimate of drug-likeness (QED) is 0.407. The molecule has 2 aromatic heterocycles. The van der Waals surface area contributed by atoms with Crippen molar-refractivity contribution in [2.45, 2.75) is 58.6 Å². The Morgan fingerprint density at radius 3 is 2.84 bits per heavy atom. The van der Waals surface area contributed by atoms with E-state index >= 15 is 0 Å². The van der Waals surface area contributed by atoms with Crippen LogP contribution in [0.5, 0.6) is 0 Å². The van der Waals surface area contributed by atoms with Crippen LogP contribution in [0.15, 0.2) is 36.7 Å². The Morgan fingerprint density at radius 2 is 2.11 bits per heavy atom. The van der Waals surface area contributed by atoms with E-state index in [9.17, 15) is 4.79 Å². The Kier molecular flexibility index (Phi) is 7.84. The number of anilines is 3. The first-order valence-corrected chi connectivity index (χ1v) is 13.1. The average molecular weight is 506 g/mol. The molecule has 0 bridgehead atoms. The lowest BCUT2D eigenvalue weighted by Crippen LogP contribution is -2.37. The van der Waals surface area contributed by atoms with Crippen molar-refractivity contribution in [2.75, 3.05) is 36.9 Å². The van der Waals surface area contributed by atoms with Gasteiger partial charge >= 0.3 is 6.09 Å². The smallest absolute Gasteiger partial charge is 0.410 e. The highest BCUT2D eigenvalue weighted by Gasteiger charge is 2.27. The minimum Gasteiger partial charge on any atom is -0.449 e. The number of carbonyl (C=O) groups excluding carboxylic acids is 1. The van der Waals surface area contributed by atoms with E-state index in [4.69, 9.17) is 19.4 Å². The lowest BCUT2D eigenvalue weighted by Gasteiger charge is -2.29. The van der Waals surface area contributed by atoms with Gasteiger partial charge < -0.3 is 29.6 Å². The van der Waals surface area contributed by atoms with Crippen LogP contribution in [0.25, 0.3) is 5.69 Å². The van der Waals surface area contributed by atoms with Gasteiger partial charge in [0.1, 0.15) is 11.6 Å². The summed E-state index contributed by atoms with van der Waals surface area (Å²) in [5.41, 5.74) is 3.81. The van der Waals surface area contributed by atoms with E-state index in [1.54, 1.807) is 11.1 Å². The van der Waals surface area contributed by atoms with Crippen LogP contribution < -0.4 is 10.6 Å². The van der Waals surface area contributed by atoms with E-state index in [1.807, 2.05) is 42.0 Å². The molecule has 2 aliphatic rings. The van der Waals surface area contributed by atoms with Crippen molar-refractivity contribution in [1.82, 2.24) is 24.4 Å². The van der Waals surface area contributed by atoms with E-state index in [1.165, 1.54) is 0 Å². The van der Waals surface area contributed by atoms with E-state index in [-0.39, 0.29) is 12.2 Å². The number of hydrogen-bond acceptors (Lipinski definition) is 8. The van der Waals surface area contributed by atoms with Crippen molar-refractivity contribution in [3.8, 4) is 5.69 Å². The maximum absolute atomic E-state index is 12.6. The van der Waals surface area contributed by atoms with Gasteiger partial charge in [0, 0.05) is 55.4 Å². The summed E-state index contributed by atoms with van der Waals surface area (Å²) in [5, 5.41) is 6.84. The van der Waals surface area contributed by atoms with Crippen molar-refractivity contribution in [1.29, 1.82) is 0 Å². The van der Waals surface area contributed by atoms with Crippen molar-refractivity contribution >= 4 is 23.5 Å². The van der Waals surface area contributed by atoms with Crippen LogP contribution in [-0.2, 0) is 22.4 Å². The molecule has 3 aromatic rings. The second-order valence-electron chi connectivity index (χ2n) is 9.49. The number of ether oxygens (including phenoxy) is 2. The number of nitrogens with zero attached hydrogens (tertiary/aromatic N) is 5. The SMILES string of the molecule is CCCCOC(=O)N1CCc2nc(Nc3ccc(-n4ccnc4C)cc3)nc(NCC3CCCO3)c2C1. The molecule has 1 unspecified atom stereocenters. The summed E-state index contributed by atoms with van der Waals surface area (Å²) in [5.74, 6) is 2.20. The highest BCUT2D eigenvalue weighted by molar-refractivity contribution is 5.69. The third kappa shape index (κ3) is 6.02. The second kappa shape index (κ2) is 11.6. The van der Waals surface area contributed by atoms with Crippen molar-refractivity contribution < 1.29 is 14.3 Å². The third-order valence-corrected chi connectivity index (χ3v) is 6.79. The van der Waals surface area contributed by atoms with Crippen LogP contribution in [0.1, 0.15) is 49.7 Å². The van der Waals surface area contributed by atoms with Gasteiger partial charge in [-0.1, -0.05) is 13.3 Å². The van der Waals surface area contributed by atoms with Gasteiger partial charge in [-0.05, 0) is 50.5 Å². The number of amides is 1. The molecule has 1 saturated heterocycles. The number of fused-ring (bicyclic) bond motifs is 1. The predicted molar refractivity (Wildman–Crippen MR) is 141 cm³/mol. The van der Waals surface area contributed by atoms with Crippen LogP contribution in [0, 0.1) is 6.92 Å². The van der Waals surface area contributed by atoms with Gasteiger partial charge in [-0.3, -0.25) is 0 Å². The Hall–Kier alpha value is -3.66. The normalized spacial score (nSPS) is 16.9. The van der Waals surface area contributed by atoms with Gasteiger partial charge in [0.2, 0.25) is 5.95 Å². The van der Waals surface area contributed by atoms with E-state index in [2.05, 4.69) is 22.5 Å². The van der Waals surface area contributed by atoms with Gasteiger partial charge in [0.05, 0.1) is 24.9 Å². The lowest BCUT2D eigenvalue weighted by atomic mass is 10.1. The molecular weight excluding hydrogens is 470 g/mol. The highest BCUT2D eigenvalue weighted by Crippen LogP contribution is 2.28. The molecule has 196 valence electrons. The zero-order valence-corrected chi connectivity index (χ0v) is 21.6. The molecule has 1 amide bonds. The first-order valence-electron chi connectivity index (χ1n) is 13.1. The molecule has 37 heavy (non-hydrogen) atoms. The molecule has 1 fully saturated rings. The molecular formula is C27H35N7O3. The maximum Gasteiger partial charge on any atom is 0.410 e. The standard InChI is InChI=1S/C27H35N7O3/c1-3-4-15-37-27(35)33-13-11-24-23(18-33)25(29-17-22-6-5-16-36-22)32-26(31-24)30-20-7-9-21(10-8-20)34-14-12-28-19(34)2/h7-10,12,14,22H,3-6,11,13,15-18H2,1-2H3,(H2,29,30,31,32). The number of benzene rings is 1. The first-order chi connectivity index (χ1) is 18.1. The second-order valence-corrected chi connectivity index (χ2v) is 9.49. The topological polar surface area (TPSA) is 106 Å². The molecule has 10 nitrogen and oxygen atoms in total. The fourth-order valence-electron chi connectivity index (χ4n) is 4.67. The molecule has 1 atom stereocenters. The number of carbonyl (C=O) groups is 1. The number of imidazole rings is 1. The summed E-state index contributed by atoms with van der Waals surface area (Å²) in [6, 6.07) is 8.08. The largest absolute Gasteiger partial charge is 0.449 e. The number of unbranched alkanes of at least 4 members (excludes halogenated alkanes) is 1. The molecule has 0 aliphatic carbocycles. The monoisotopic (exact) mass is 505 g/mol. The molecule has 0 radical (unpaired) electrons. The molecule has 0 saturated carbocycles. The molecule has 2 aliphatic heterocycles. The third-order valence-electron chi connectivity index (χ3n) is 6.79. The van der Waals surface area contributed by atoms with Crippen molar-refractivity contribution in [3.05, 3.63) is 53.7 Å². The van der Waals surface area contributed by atoms with E-state index < -0.39 is 0 Å². The highest BCUT2D eigenvalue weighted by atomic mass is 16.6. The molecule has 10 heteroatoms. The molecule has 0 spiro atoms. The summed E-state index contributed by atoms with van der Waals surface area (Å²) in [4.78, 5) is 28.3. The van der Waals surface area contributed by atoms with Gasteiger partial charge in [-0.2, -0.15) is 4.98 Å². The number of aromatic nitrogens is 4. The molecule has 5 rings (SSSR count). The minimum absolute atomic E-state index is 0.167. The van der Waals surface area contributed by atoms with Crippen LogP contribution in [0.3, 0.4) is 0 Å². The minimum atomic E-state index is -0.278. The summed E-state index contributed by atoms with van der Waals surface area (Å²) >= 11 is 0. The lowest BCUT2D eigenvalue weighted by molar-refractivity contribution is 0.0963. The number of hydrogen-bond donors (Lipinski definition) is 2. The summed E-state index contributed by atoms with van der Waals surface area (Å²) in [7, 11) is 0. The van der Waals surface area contributed by atoms with Crippen molar-refractivity contribution in [3.63, 3.8) is 0 Å². The fraction of sp³-hybridized carbons (Fsp3) is 0.481. The van der Waals surface area contributed by atoms with Crippen LogP contribution in [-0.4, -0.2) is 62.9 Å². The molecule has 1 aromatic carbocycles. The predicted octanol–water partition coefficient (Wildman–Crippen LogP) is 4.60. The summed E-state index contributed by atoms with van der Waals surface area (Å²) < 4.78 is 13.3. The zero-order chi connectivity index (χ0) is 25.6. The van der Waals surface area contributed by atoms with Gasteiger partial charge in [-0.25, -0.2) is 14.8 Å². The van der Waals surface area contributed by atoms with Gasteiger partial charge in [-0.15, -0.1) is 0 Å². The van der Waals surface area contributed by atoms with Gasteiger partial charge in [0.25, 0.3) is 0 Å². The molecule has 2 N–H and O–H groups in total. The molecule has 4 heterocycles. The summed E-state index contributed by atoms with van der Waals surface area (Å²) in [6.45, 7) is 6.96. The van der Waals surface area contributed by atoms with Crippen LogP contribution >= 0.6 is 0 Å². The first kappa shape index (κ1) is 25.0. The Balaban J connectivity index is 1.34. The number of nitrogens with one attached hydrogen (secondary N) is 2. The fourth-order valence-corrected chi connectivity index (χ4v) is 4.67. The zero-order valence-electron chi connectivity index (χ0n) is 21.6. The van der Waals surface area contributed by atoms with E-state index in [0.717, 1.165) is 66.6 Å². The maximum atomic E-state index is 12.6. The van der Waals surface area contributed by atoms with Crippen LogP contribution in [0.2, 0.25) is 0 Å². The average Bonchev–Trinajstić information content (AvgIpc) is 3.59. The Bertz CT molecular complexity index is 1210. The number of aryl methyl sites for hydroxylation is 1. The summed E-state index contributed by atoms with van der Waals surface area (Å²) in [6.07, 6.45) is 8.23. The van der Waals surface area contributed by atoms with Gasteiger partial charge in [0.15, 0.2) is 0 Å². The van der Waals surface area contributed by atoms with Crippen molar-refractivity contribution in [2.24, 2.45) is 0 Å².